The third-order valence-corrected chi connectivity index (χ3v) is 3.56. The average Bonchev–Trinajstić information content (AvgIpc) is 3.09. The van der Waals surface area contributed by atoms with E-state index in [-0.39, 0.29) is 19.0 Å². The number of aromatic nitrogens is 2. The molecule has 0 aliphatic heterocycles. The van der Waals surface area contributed by atoms with Crippen LogP contribution in [0, 0.1) is 0 Å². The number of benzene rings is 1. The number of carbonyl (C=O) groups is 1. The van der Waals surface area contributed by atoms with Gasteiger partial charge in [-0.3, -0.25) is 14.2 Å². The lowest BCUT2D eigenvalue weighted by Gasteiger charge is -2.07. The number of furan rings is 1. The van der Waals surface area contributed by atoms with Gasteiger partial charge in [0.2, 0.25) is 0 Å². The molecule has 2 heterocycles. The monoisotopic (exact) mass is 325 g/mol. The number of rotatable bonds is 5. The summed E-state index contributed by atoms with van der Waals surface area (Å²) in [6, 6.07) is 8.03. The lowest BCUT2D eigenvalue weighted by Crippen LogP contribution is -2.34. The highest BCUT2D eigenvalue weighted by Gasteiger charge is 2.11. The van der Waals surface area contributed by atoms with Crippen LogP contribution in [0.5, 0.6) is 0 Å². The number of hydrogen-bond acceptors (Lipinski definition) is 4. The van der Waals surface area contributed by atoms with Gasteiger partial charge in [0.15, 0.2) is 0 Å². The van der Waals surface area contributed by atoms with Crippen LogP contribution in [0.25, 0.3) is 10.9 Å². The lowest BCUT2D eigenvalue weighted by molar-refractivity contribution is 0.0948. The van der Waals surface area contributed by atoms with Crippen LogP contribution in [0.3, 0.4) is 0 Å². The Hall–Kier alpha value is -3.35. The number of H-pyrrole nitrogens is 1. The highest BCUT2D eigenvalue weighted by molar-refractivity contribution is 5.97. The summed E-state index contributed by atoms with van der Waals surface area (Å²) < 4.78 is 6.19. The molecule has 3 aromatic rings. The zero-order chi connectivity index (χ0) is 17.1. The maximum Gasteiger partial charge on any atom is 0.329 e. The van der Waals surface area contributed by atoms with Gasteiger partial charge < -0.3 is 14.7 Å². The molecule has 0 saturated heterocycles. The molecule has 0 fully saturated rings. The molecule has 1 amide bonds. The van der Waals surface area contributed by atoms with E-state index in [4.69, 9.17) is 4.42 Å². The van der Waals surface area contributed by atoms with Gasteiger partial charge in [-0.15, -0.1) is 6.58 Å². The van der Waals surface area contributed by atoms with Crippen molar-refractivity contribution in [2.75, 3.05) is 0 Å². The fraction of sp³-hybridized carbons (Fsp3) is 0.118. The first kappa shape index (κ1) is 15.5. The Morgan fingerprint density at radius 2 is 2.17 bits per heavy atom. The van der Waals surface area contributed by atoms with Gasteiger partial charge in [-0.1, -0.05) is 6.08 Å². The summed E-state index contributed by atoms with van der Waals surface area (Å²) in [7, 11) is 0. The van der Waals surface area contributed by atoms with Crippen molar-refractivity contribution >= 4 is 16.8 Å². The molecule has 0 aliphatic rings. The molecule has 2 N–H and O–H groups in total. The maximum atomic E-state index is 12.3. The van der Waals surface area contributed by atoms with Crippen LogP contribution >= 0.6 is 0 Å². The van der Waals surface area contributed by atoms with Gasteiger partial charge in [0.25, 0.3) is 11.5 Å². The Labute approximate surface area is 136 Å². The molecule has 0 atom stereocenters. The van der Waals surface area contributed by atoms with Crippen molar-refractivity contribution in [3.63, 3.8) is 0 Å². The van der Waals surface area contributed by atoms with Gasteiger partial charge in [0.05, 0.1) is 23.7 Å². The number of aromatic amines is 1. The quantitative estimate of drug-likeness (QED) is 0.693. The van der Waals surface area contributed by atoms with Crippen molar-refractivity contribution in [2.45, 2.75) is 13.1 Å². The molecule has 1 aromatic carbocycles. The maximum absolute atomic E-state index is 12.3. The first-order valence-electron chi connectivity index (χ1n) is 7.28. The van der Waals surface area contributed by atoms with Crippen molar-refractivity contribution in [2.24, 2.45) is 0 Å². The second-order valence-corrected chi connectivity index (χ2v) is 5.16. The molecular weight excluding hydrogens is 310 g/mol. The second-order valence-electron chi connectivity index (χ2n) is 5.16. The largest absolute Gasteiger partial charge is 0.467 e. The third kappa shape index (κ3) is 2.91. The zero-order valence-corrected chi connectivity index (χ0v) is 12.7. The molecule has 3 rings (SSSR count). The fourth-order valence-electron chi connectivity index (χ4n) is 2.37. The summed E-state index contributed by atoms with van der Waals surface area (Å²) in [5.74, 6) is 0.300. The highest BCUT2D eigenvalue weighted by atomic mass is 16.3. The number of nitrogens with one attached hydrogen (secondary N) is 2. The predicted molar refractivity (Wildman–Crippen MR) is 88.9 cm³/mol. The Morgan fingerprint density at radius 1 is 1.33 bits per heavy atom. The molecule has 7 nitrogen and oxygen atoms in total. The summed E-state index contributed by atoms with van der Waals surface area (Å²) in [5.41, 5.74) is -0.307. The lowest BCUT2D eigenvalue weighted by atomic mass is 10.1. The van der Waals surface area contributed by atoms with Gasteiger partial charge in [0, 0.05) is 12.1 Å². The SMILES string of the molecule is C=CCn1c(=O)[nH]c2cc(C(=O)NCc3ccco3)ccc2c1=O. The third-order valence-electron chi connectivity index (χ3n) is 3.56. The number of fused-ring (bicyclic) bond motifs is 1. The average molecular weight is 325 g/mol. The van der Waals surface area contributed by atoms with Crippen LogP contribution in [0.15, 0.2) is 63.3 Å². The van der Waals surface area contributed by atoms with Gasteiger partial charge in [-0.25, -0.2) is 4.79 Å². The van der Waals surface area contributed by atoms with Crippen LogP contribution in [0.2, 0.25) is 0 Å². The topological polar surface area (TPSA) is 97.1 Å². The first-order valence-corrected chi connectivity index (χ1v) is 7.28. The number of amides is 1. The van der Waals surface area contributed by atoms with Gasteiger partial charge in [-0.2, -0.15) is 0 Å². The minimum absolute atomic E-state index is 0.121. The van der Waals surface area contributed by atoms with Crippen molar-refractivity contribution in [3.8, 4) is 0 Å². The molecule has 24 heavy (non-hydrogen) atoms. The Morgan fingerprint density at radius 3 is 2.88 bits per heavy atom. The highest BCUT2D eigenvalue weighted by Crippen LogP contribution is 2.10. The van der Waals surface area contributed by atoms with Crippen LogP contribution in [0.1, 0.15) is 16.1 Å². The summed E-state index contributed by atoms with van der Waals surface area (Å²) in [5, 5.41) is 3.04. The Balaban J connectivity index is 1.92. The van der Waals surface area contributed by atoms with Crippen molar-refractivity contribution in [1.82, 2.24) is 14.9 Å². The van der Waals surface area contributed by atoms with Crippen molar-refractivity contribution in [1.29, 1.82) is 0 Å². The Bertz CT molecular complexity index is 1010. The molecule has 122 valence electrons. The molecule has 0 spiro atoms. The van der Waals surface area contributed by atoms with Crippen LogP contribution < -0.4 is 16.6 Å². The van der Waals surface area contributed by atoms with E-state index in [0.29, 0.717) is 22.2 Å². The van der Waals surface area contributed by atoms with Crippen LogP contribution in [0.4, 0.5) is 0 Å². The Kier molecular flexibility index (Phi) is 4.15. The van der Waals surface area contributed by atoms with E-state index in [9.17, 15) is 14.4 Å². The number of allylic oxidation sites excluding steroid dienone is 1. The molecule has 0 saturated carbocycles. The predicted octanol–water partition coefficient (Wildman–Crippen LogP) is 1.40. The molecule has 0 bridgehead atoms. The summed E-state index contributed by atoms with van der Waals surface area (Å²) >= 11 is 0. The van der Waals surface area contributed by atoms with Gasteiger partial charge in [-0.05, 0) is 30.3 Å². The van der Waals surface area contributed by atoms with E-state index in [1.54, 1.807) is 12.1 Å². The molecule has 0 unspecified atom stereocenters. The number of carbonyl (C=O) groups excluding carboxylic acids is 1. The zero-order valence-electron chi connectivity index (χ0n) is 12.7. The van der Waals surface area contributed by atoms with Crippen LogP contribution in [-0.2, 0) is 13.1 Å². The fourth-order valence-corrected chi connectivity index (χ4v) is 2.37. The summed E-state index contributed by atoms with van der Waals surface area (Å²) in [4.78, 5) is 39.0. The number of hydrogen-bond donors (Lipinski definition) is 2. The minimum Gasteiger partial charge on any atom is -0.467 e. The second kappa shape index (κ2) is 6.41. The van der Waals surface area contributed by atoms with E-state index in [2.05, 4.69) is 16.9 Å². The normalized spacial score (nSPS) is 10.7. The smallest absolute Gasteiger partial charge is 0.329 e. The van der Waals surface area contributed by atoms with Crippen molar-refractivity contribution in [3.05, 3.63) is 81.4 Å². The van der Waals surface area contributed by atoms with E-state index in [0.717, 1.165) is 4.57 Å². The first-order chi connectivity index (χ1) is 11.6. The van der Waals surface area contributed by atoms with Crippen molar-refractivity contribution < 1.29 is 9.21 Å². The minimum atomic E-state index is -0.541. The van der Waals surface area contributed by atoms with E-state index in [1.807, 2.05) is 0 Å². The summed E-state index contributed by atoms with van der Waals surface area (Å²) in [6.45, 7) is 3.90. The van der Waals surface area contributed by atoms with E-state index < -0.39 is 11.2 Å². The molecule has 2 aromatic heterocycles. The van der Waals surface area contributed by atoms with Gasteiger partial charge >= 0.3 is 5.69 Å². The number of nitrogens with zero attached hydrogens (tertiary/aromatic N) is 1. The van der Waals surface area contributed by atoms with E-state index >= 15 is 0 Å². The van der Waals surface area contributed by atoms with E-state index in [1.165, 1.54) is 30.5 Å². The standard InChI is InChI=1S/C17H15N3O4/c1-2-7-20-16(22)13-6-5-11(9-14(13)19-17(20)23)15(21)18-10-12-4-3-8-24-12/h2-6,8-9H,1,7,10H2,(H,18,21)(H,19,23). The molecule has 0 aliphatic carbocycles. The molecule has 0 radical (unpaired) electrons. The molecular formula is C17H15N3O4. The van der Waals surface area contributed by atoms with Crippen LogP contribution in [-0.4, -0.2) is 15.5 Å². The van der Waals surface area contributed by atoms with Gasteiger partial charge in [0.1, 0.15) is 5.76 Å². The summed E-state index contributed by atoms with van der Waals surface area (Å²) in [6.07, 6.45) is 3.00. The molecule has 7 heteroatoms.